The average molecular weight is 290 g/mol. The van der Waals surface area contributed by atoms with Crippen LogP contribution < -0.4 is 11.1 Å². The molecule has 0 bridgehead atoms. The summed E-state index contributed by atoms with van der Waals surface area (Å²) >= 11 is 1.55. The standard InChI is InChI=1S/C12H19N3OS.ClH/c1-7(2)10-6-14-12(17-10)15-11(16)8-3-4-9(13)5-8;/h6-9H,3-5,13H2,1-2H3,(H,14,15,16);1H. The molecule has 2 rings (SSSR count). The van der Waals surface area contributed by atoms with Crippen molar-refractivity contribution in [1.82, 2.24) is 4.98 Å². The number of anilines is 1. The molecule has 2 atom stereocenters. The van der Waals surface area contributed by atoms with Crippen LogP contribution in [0.4, 0.5) is 5.13 Å². The van der Waals surface area contributed by atoms with Crippen molar-refractivity contribution < 1.29 is 4.79 Å². The van der Waals surface area contributed by atoms with Crippen LogP contribution in [0.1, 0.15) is 43.9 Å². The fraction of sp³-hybridized carbons (Fsp3) is 0.667. The number of halogens is 1. The van der Waals surface area contributed by atoms with Gasteiger partial charge in [0.1, 0.15) is 0 Å². The molecular weight excluding hydrogens is 270 g/mol. The lowest BCUT2D eigenvalue weighted by Gasteiger charge is -2.08. The normalized spacial score (nSPS) is 22.9. The smallest absolute Gasteiger partial charge is 0.229 e. The number of amides is 1. The molecular formula is C12H20ClN3OS. The highest BCUT2D eigenvalue weighted by atomic mass is 35.5. The molecule has 4 nitrogen and oxygen atoms in total. The quantitative estimate of drug-likeness (QED) is 0.899. The number of hydrogen-bond donors (Lipinski definition) is 2. The van der Waals surface area contributed by atoms with E-state index in [1.807, 2.05) is 6.20 Å². The molecule has 0 aliphatic heterocycles. The van der Waals surface area contributed by atoms with Gasteiger partial charge in [0, 0.05) is 23.0 Å². The third-order valence-electron chi connectivity index (χ3n) is 3.17. The fourth-order valence-electron chi connectivity index (χ4n) is 2.07. The van der Waals surface area contributed by atoms with Gasteiger partial charge in [0.25, 0.3) is 0 Å². The number of hydrogen-bond acceptors (Lipinski definition) is 4. The largest absolute Gasteiger partial charge is 0.328 e. The van der Waals surface area contributed by atoms with Crippen LogP contribution in [0.5, 0.6) is 0 Å². The van der Waals surface area contributed by atoms with Gasteiger partial charge in [0.05, 0.1) is 0 Å². The van der Waals surface area contributed by atoms with Gasteiger partial charge < -0.3 is 11.1 Å². The van der Waals surface area contributed by atoms with Crippen molar-refractivity contribution in [2.24, 2.45) is 11.7 Å². The van der Waals surface area contributed by atoms with Crippen LogP contribution >= 0.6 is 23.7 Å². The summed E-state index contributed by atoms with van der Waals surface area (Å²) in [4.78, 5) is 17.4. The van der Waals surface area contributed by atoms with Gasteiger partial charge in [-0.25, -0.2) is 4.98 Å². The van der Waals surface area contributed by atoms with Crippen molar-refractivity contribution in [2.45, 2.75) is 45.1 Å². The van der Waals surface area contributed by atoms with E-state index in [1.54, 1.807) is 11.3 Å². The first kappa shape index (κ1) is 15.4. The Morgan fingerprint density at radius 3 is 2.78 bits per heavy atom. The number of nitrogens with one attached hydrogen (secondary N) is 1. The molecule has 3 N–H and O–H groups in total. The Balaban J connectivity index is 0.00000162. The predicted molar refractivity (Wildman–Crippen MR) is 77.4 cm³/mol. The van der Waals surface area contributed by atoms with E-state index in [9.17, 15) is 4.79 Å². The molecule has 18 heavy (non-hydrogen) atoms. The maximum atomic E-state index is 11.9. The molecule has 1 aliphatic rings. The van der Waals surface area contributed by atoms with Gasteiger partial charge in [0.2, 0.25) is 5.91 Å². The van der Waals surface area contributed by atoms with Crippen LogP contribution in [-0.4, -0.2) is 16.9 Å². The van der Waals surface area contributed by atoms with E-state index >= 15 is 0 Å². The Kier molecular flexibility index (Phi) is 5.56. The third kappa shape index (κ3) is 3.67. The van der Waals surface area contributed by atoms with Crippen LogP contribution in [0, 0.1) is 5.92 Å². The second-order valence-electron chi connectivity index (χ2n) is 4.98. The summed E-state index contributed by atoms with van der Waals surface area (Å²) in [5.41, 5.74) is 5.81. The molecule has 2 unspecified atom stereocenters. The molecule has 1 fully saturated rings. The maximum absolute atomic E-state index is 11.9. The lowest BCUT2D eigenvalue weighted by atomic mass is 10.1. The van der Waals surface area contributed by atoms with Crippen molar-refractivity contribution in [3.8, 4) is 0 Å². The number of carbonyl (C=O) groups is 1. The molecule has 1 saturated carbocycles. The maximum Gasteiger partial charge on any atom is 0.229 e. The highest BCUT2D eigenvalue weighted by Crippen LogP contribution is 2.28. The van der Waals surface area contributed by atoms with Gasteiger partial charge in [-0.2, -0.15) is 0 Å². The van der Waals surface area contributed by atoms with E-state index in [0.717, 1.165) is 19.3 Å². The first-order chi connectivity index (χ1) is 8.06. The Morgan fingerprint density at radius 1 is 1.56 bits per heavy atom. The molecule has 0 aromatic carbocycles. The summed E-state index contributed by atoms with van der Waals surface area (Å²) in [6.45, 7) is 4.24. The van der Waals surface area contributed by atoms with Crippen LogP contribution in [0.15, 0.2) is 6.20 Å². The van der Waals surface area contributed by atoms with E-state index in [1.165, 1.54) is 4.88 Å². The topological polar surface area (TPSA) is 68.0 Å². The molecule has 1 amide bonds. The van der Waals surface area contributed by atoms with Crippen molar-refractivity contribution >= 4 is 34.8 Å². The first-order valence-corrected chi connectivity index (χ1v) is 6.90. The highest BCUT2D eigenvalue weighted by molar-refractivity contribution is 7.15. The minimum Gasteiger partial charge on any atom is -0.328 e. The summed E-state index contributed by atoms with van der Waals surface area (Å²) in [5.74, 6) is 0.595. The average Bonchev–Trinajstić information content (AvgIpc) is 2.86. The molecule has 6 heteroatoms. The lowest BCUT2D eigenvalue weighted by molar-refractivity contribution is -0.119. The first-order valence-electron chi connectivity index (χ1n) is 6.08. The SMILES string of the molecule is CC(C)c1cnc(NC(=O)C2CCC(N)C2)s1.Cl. The summed E-state index contributed by atoms with van der Waals surface area (Å²) < 4.78 is 0. The molecule has 0 spiro atoms. The second kappa shape index (κ2) is 6.50. The van der Waals surface area contributed by atoms with E-state index in [2.05, 4.69) is 24.1 Å². The summed E-state index contributed by atoms with van der Waals surface area (Å²) in [6.07, 6.45) is 4.49. The Morgan fingerprint density at radius 2 is 2.28 bits per heavy atom. The molecule has 102 valence electrons. The van der Waals surface area contributed by atoms with Gasteiger partial charge in [-0.05, 0) is 25.2 Å². The Bertz CT molecular complexity index is 408. The number of nitrogens with two attached hydrogens (primary N) is 1. The summed E-state index contributed by atoms with van der Waals surface area (Å²) in [7, 11) is 0. The van der Waals surface area contributed by atoms with Crippen molar-refractivity contribution in [2.75, 3.05) is 5.32 Å². The van der Waals surface area contributed by atoms with E-state index in [-0.39, 0.29) is 30.3 Å². The lowest BCUT2D eigenvalue weighted by Crippen LogP contribution is -2.23. The summed E-state index contributed by atoms with van der Waals surface area (Å²) in [6, 6.07) is 0.188. The fourth-order valence-corrected chi connectivity index (χ4v) is 2.89. The molecule has 0 radical (unpaired) electrons. The molecule has 1 heterocycles. The highest BCUT2D eigenvalue weighted by Gasteiger charge is 2.28. The minimum absolute atomic E-state index is 0. The summed E-state index contributed by atoms with van der Waals surface area (Å²) in [5, 5.41) is 3.60. The monoisotopic (exact) mass is 289 g/mol. The van der Waals surface area contributed by atoms with Gasteiger partial charge in [-0.15, -0.1) is 23.7 Å². The number of rotatable bonds is 3. The number of nitrogens with zero attached hydrogens (tertiary/aromatic N) is 1. The number of carbonyl (C=O) groups excluding carboxylic acids is 1. The predicted octanol–water partition coefficient (Wildman–Crippen LogP) is 2.75. The molecule has 0 saturated heterocycles. The van der Waals surface area contributed by atoms with E-state index in [4.69, 9.17) is 5.73 Å². The number of aromatic nitrogens is 1. The van der Waals surface area contributed by atoms with Crippen LogP contribution in [0.2, 0.25) is 0 Å². The van der Waals surface area contributed by atoms with Crippen LogP contribution in [0.25, 0.3) is 0 Å². The van der Waals surface area contributed by atoms with Crippen molar-refractivity contribution in [1.29, 1.82) is 0 Å². The number of thiazole rings is 1. The Labute approximate surface area is 118 Å². The van der Waals surface area contributed by atoms with Crippen molar-refractivity contribution in [3.05, 3.63) is 11.1 Å². The second-order valence-corrected chi connectivity index (χ2v) is 6.04. The van der Waals surface area contributed by atoms with Gasteiger partial charge in [-0.1, -0.05) is 13.8 Å². The zero-order valence-corrected chi connectivity index (χ0v) is 12.3. The zero-order chi connectivity index (χ0) is 12.4. The van der Waals surface area contributed by atoms with Gasteiger partial charge in [-0.3, -0.25) is 4.79 Å². The van der Waals surface area contributed by atoms with Gasteiger partial charge >= 0.3 is 0 Å². The Hall–Kier alpha value is -0.650. The molecule has 1 aliphatic carbocycles. The minimum atomic E-state index is 0. The van der Waals surface area contributed by atoms with E-state index in [0.29, 0.717) is 11.0 Å². The van der Waals surface area contributed by atoms with E-state index < -0.39 is 0 Å². The zero-order valence-electron chi connectivity index (χ0n) is 10.7. The van der Waals surface area contributed by atoms with Crippen LogP contribution in [-0.2, 0) is 4.79 Å². The third-order valence-corrected chi connectivity index (χ3v) is 4.38. The van der Waals surface area contributed by atoms with Crippen molar-refractivity contribution in [3.63, 3.8) is 0 Å². The van der Waals surface area contributed by atoms with Crippen LogP contribution in [0.3, 0.4) is 0 Å². The molecule has 1 aromatic heterocycles. The van der Waals surface area contributed by atoms with Gasteiger partial charge in [0.15, 0.2) is 5.13 Å². The molecule has 1 aromatic rings.